The van der Waals surface area contributed by atoms with E-state index in [-0.39, 0.29) is 12.3 Å². The third kappa shape index (κ3) is 5.37. The Hall–Kier alpha value is -1.85. The van der Waals surface area contributed by atoms with Gasteiger partial charge in [0, 0.05) is 23.6 Å². The SMILES string of the molecule is CN(C)c1ccc(/C=N\NC(=O)Cc2ccc(Cl)cc2)cc1Br. The zero-order chi connectivity index (χ0) is 16.8. The Bertz CT molecular complexity index is 714. The number of nitrogens with zero attached hydrogens (tertiary/aromatic N) is 2. The number of anilines is 1. The van der Waals surface area contributed by atoms with Crippen molar-refractivity contribution < 1.29 is 4.79 Å². The minimum absolute atomic E-state index is 0.174. The van der Waals surface area contributed by atoms with Crippen LogP contribution in [0.2, 0.25) is 5.02 Å². The Morgan fingerprint density at radius 1 is 1.26 bits per heavy atom. The molecule has 2 aromatic carbocycles. The highest BCUT2D eigenvalue weighted by Crippen LogP contribution is 2.25. The van der Waals surface area contributed by atoms with Gasteiger partial charge in [-0.1, -0.05) is 29.8 Å². The van der Waals surface area contributed by atoms with Crippen LogP contribution in [0.4, 0.5) is 5.69 Å². The highest BCUT2D eigenvalue weighted by Gasteiger charge is 2.03. The monoisotopic (exact) mass is 393 g/mol. The van der Waals surface area contributed by atoms with Gasteiger partial charge in [-0.05, 0) is 51.3 Å². The molecule has 0 saturated carbocycles. The van der Waals surface area contributed by atoms with E-state index in [2.05, 4.69) is 26.5 Å². The van der Waals surface area contributed by atoms with Crippen LogP contribution >= 0.6 is 27.5 Å². The van der Waals surface area contributed by atoms with Crippen molar-refractivity contribution in [2.75, 3.05) is 19.0 Å². The van der Waals surface area contributed by atoms with Crippen molar-refractivity contribution in [1.29, 1.82) is 0 Å². The van der Waals surface area contributed by atoms with Gasteiger partial charge in [-0.3, -0.25) is 4.79 Å². The van der Waals surface area contributed by atoms with Gasteiger partial charge in [-0.2, -0.15) is 5.10 Å². The molecule has 6 heteroatoms. The van der Waals surface area contributed by atoms with Crippen LogP contribution in [-0.4, -0.2) is 26.2 Å². The smallest absolute Gasteiger partial charge is 0.244 e. The summed E-state index contributed by atoms with van der Waals surface area (Å²) in [7, 11) is 3.95. The molecule has 0 unspecified atom stereocenters. The molecular weight excluding hydrogens is 378 g/mol. The van der Waals surface area contributed by atoms with Crippen LogP contribution in [0, 0.1) is 0 Å². The Morgan fingerprint density at radius 2 is 1.96 bits per heavy atom. The molecule has 0 bridgehead atoms. The predicted molar refractivity (Wildman–Crippen MR) is 99.4 cm³/mol. The molecule has 0 spiro atoms. The molecule has 2 aromatic rings. The highest BCUT2D eigenvalue weighted by atomic mass is 79.9. The predicted octanol–water partition coefficient (Wildman–Crippen LogP) is 3.86. The van der Waals surface area contributed by atoms with Crippen LogP contribution in [-0.2, 0) is 11.2 Å². The minimum Gasteiger partial charge on any atom is -0.377 e. The normalized spacial score (nSPS) is 10.8. The molecule has 1 N–H and O–H groups in total. The summed E-state index contributed by atoms with van der Waals surface area (Å²) in [6, 6.07) is 13.0. The van der Waals surface area contributed by atoms with E-state index in [1.54, 1.807) is 18.3 Å². The van der Waals surface area contributed by atoms with Gasteiger partial charge in [0.1, 0.15) is 0 Å². The number of hydrogen-bond acceptors (Lipinski definition) is 3. The summed E-state index contributed by atoms with van der Waals surface area (Å²) in [5.41, 5.74) is 5.39. The number of rotatable bonds is 5. The van der Waals surface area contributed by atoms with E-state index in [9.17, 15) is 4.79 Å². The van der Waals surface area contributed by atoms with E-state index in [0.717, 1.165) is 21.3 Å². The average molecular weight is 395 g/mol. The third-order valence-electron chi connectivity index (χ3n) is 3.13. The fraction of sp³-hybridized carbons (Fsp3) is 0.176. The first-order valence-corrected chi connectivity index (χ1v) is 8.16. The molecule has 2 rings (SSSR count). The Labute approximate surface area is 149 Å². The van der Waals surface area contributed by atoms with E-state index in [1.807, 2.05) is 49.3 Å². The molecule has 0 atom stereocenters. The van der Waals surface area contributed by atoms with Gasteiger partial charge in [0.2, 0.25) is 5.91 Å². The van der Waals surface area contributed by atoms with Crippen LogP contribution in [0.3, 0.4) is 0 Å². The maximum atomic E-state index is 11.8. The van der Waals surface area contributed by atoms with Crippen molar-refractivity contribution in [2.24, 2.45) is 5.10 Å². The minimum atomic E-state index is -0.174. The lowest BCUT2D eigenvalue weighted by Gasteiger charge is -2.14. The first-order valence-electron chi connectivity index (χ1n) is 6.99. The fourth-order valence-electron chi connectivity index (χ4n) is 1.97. The molecule has 0 aliphatic heterocycles. The maximum Gasteiger partial charge on any atom is 0.244 e. The first kappa shape index (κ1) is 17.5. The number of amides is 1. The molecule has 0 heterocycles. The van der Waals surface area contributed by atoms with Crippen LogP contribution in [0.15, 0.2) is 52.0 Å². The van der Waals surface area contributed by atoms with Crippen LogP contribution in [0.25, 0.3) is 0 Å². The summed E-state index contributed by atoms with van der Waals surface area (Å²) < 4.78 is 0.971. The first-order chi connectivity index (χ1) is 11.0. The van der Waals surface area contributed by atoms with Crippen molar-refractivity contribution in [3.63, 3.8) is 0 Å². The summed E-state index contributed by atoms with van der Waals surface area (Å²) in [6.45, 7) is 0. The molecule has 0 aromatic heterocycles. The lowest BCUT2D eigenvalue weighted by atomic mass is 10.1. The Balaban J connectivity index is 1.92. The molecule has 120 valence electrons. The zero-order valence-corrected chi connectivity index (χ0v) is 15.2. The summed E-state index contributed by atoms with van der Waals surface area (Å²) in [4.78, 5) is 13.8. The molecule has 0 aliphatic rings. The van der Waals surface area contributed by atoms with E-state index in [1.165, 1.54) is 0 Å². The lowest BCUT2D eigenvalue weighted by molar-refractivity contribution is -0.120. The zero-order valence-electron chi connectivity index (χ0n) is 12.9. The second-order valence-electron chi connectivity index (χ2n) is 5.20. The summed E-state index contributed by atoms with van der Waals surface area (Å²) in [6.07, 6.45) is 1.88. The average Bonchev–Trinajstić information content (AvgIpc) is 2.49. The van der Waals surface area contributed by atoms with E-state index in [0.29, 0.717) is 5.02 Å². The van der Waals surface area contributed by atoms with Gasteiger partial charge in [0.25, 0.3) is 0 Å². The number of nitrogens with one attached hydrogen (secondary N) is 1. The van der Waals surface area contributed by atoms with Crippen molar-refractivity contribution >= 4 is 45.3 Å². The molecule has 1 amide bonds. The molecule has 0 aliphatic carbocycles. The molecule has 23 heavy (non-hydrogen) atoms. The van der Waals surface area contributed by atoms with Gasteiger partial charge in [0.15, 0.2) is 0 Å². The van der Waals surface area contributed by atoms with E-state index in [4.69, 9.17) is 11.6 Å². The number of hydrogen-bond donors (Lipinski definition) is 1. The second kappa shape index (κ2) is 8.13. The maximum absolute atomic E-state index is 11.8. The molecule has 0 radical (unpaired) electrons. The largest absolute Gasteiger partial charge is 0.377 e. The Kier molecular flexibility index (Phi) is 6.19. The third-order valence-corrected chi connectivity index (χ3v) is 4.02. The second-order valence-corrected chi connectivity index (χ2v) is 6.49. The topological polar surface area (TPSA) is 44.7 Å². The molecular formula is C17H17BrClN3O. The highest BCUT2D eigenvalue weighted by molar-refractivity contribution is 9.10. The molecule has 0 saturated heterocycles. The number of halogens is 2. The van der Waals surface area contributed by atoms with Crippen molar-refractivity contribution in [3.05, 3.63) is 63.1 Å². The quantitative estimate of drug-likeness (QED) is 0.618. The number of benzene rings is 2. The standard InChI is InChI=1S/C17H17BrClN3O/c1-22(2)16-8-5-13(9-15(16)18)11-20-21-17(23)10-12-3-6-14(19)7-4-12/h3-9,11H,10H2,1-2H3,(H,21,23)/b20-11-. The Morgan fingerprint density at radius 3 is 2.57 bits per heavy atom. The van der Waals surface area contributed by atoms with Crippen molar-refractivity contribution in [1.82, 2.24) is 5.43 Å². The van der Waals surface area contributed by atoms with Gasteiger partial charge in [0.05, 0.1) is 18.3 Å². The summed E-state index contributed by atoms with van der Waals surface area (Å²) >= 11 is 9.33. The summed E-state index contributed by atoms with van der Waals surface area (Å²) in [5.74, 6) is -0.174. The van der Waals surface area contributed by atoms with Gasteiger partial charge < -0.3 is 4.90 Å². The van der Waals surface area contributed by atoms with Crippen LogP contribution < -0.4 is 10.3 Å². The molecule has 4 nitrogen and oxygen atoms in total. The van der Waals surface area contributed by atoms with Gasteiger partial charge in [-0.15, -0.1) is 0 Å². The van der Waals surface area contributed by atoms with Crippen LogP contribution in [0.5, 0.6) is 0 Å². The number of hydrazone groups is 1. The van der Waals surface area contributed by atoms with Gasteiger partial charge in [-0.25, -0.2) is 5.43 Å². The van der Waals surface area contributed by atoms with Crippen LogP contribution in [0.1, 0.15) is 11.1 Å². The van der Waals surface area contributed by atoms with E-state index < -0.39 is 0 Å². The lowest BCUT2D eigenvalue weighted by Crippen LogP contribution is -2.19. The van der Waals surface area contributed by atoms with E-state index >= 15 is 0 Å². The molecule has 0 fully saturated rings. The van der Waals surface area contributed by atoms with Crippen molar-refractivity contribution in [2.45, 2.75) is 6.42 Å². The number of carbonyl (C=O) groups is 1. The fourth-order valence-corrected chi connectivity index (χ4v) is 2.85. The van der Waals surface area contributed by atoms with Crippen molar-refractivity contribution in [3.8, 4) is 0 Å². The summed E-state index contributed by atoms with van der Waals surface area (Å²) in [5, 5.41) is 4.64. The number of carbonyl (C=O) groups excluding carboxylic acids is 1. The van der Waals surface area contributed by atoms with Gasteiger partial charge >= 0.3 is 0 Å².